The van der Waals surface area contributed by atoms with Crippen LogP contribution < -0.4 is 5.73 Å². The molecule has 0 aromatic heterocycles. The highest BCUT2D eigenvalue weighted by Gasteiger charge is 2.27. The van der Waals surface area contributed by atoms with Gasteiger partial charge < -0.3 is 10.5 Å². The highest BCUT2D eigenvalue weighted by Crippen LogP contribution is 2.16. The summed E-state index contributed by atoms with van der Waals surface area (Å²) in [6.45, 7) is -2.05. The summed E-state index contributed by atoms with van der Waals surface area (Å²) in [4.78, 5) is -0.110. The Kier molecular flexibility index (Phi) is 5.12. The smallest absolute Gasteiger partial charge is 0.384 e. The molecule has 5 nitrogen and oxygen atoms in total. The Bertz CT molecular complexity index is 585. The molecule has 20 heavy (non-hydrogen) atoms. The molecule has 0 unspecified atom stereocenters. The maximum atomic E-state index is 11.9. The predicted molar refractivity (Wildman–Crippen MR) is 66.4 cm³/mol. The first-order chi connectivity index (χ1) is 9.12. The number of sulfone groups is 1. The zero-order valence-corrected chi connectivity index (χ0v) is 11.1. The minimum absolute atomic E-state index is 0.110. The fraction of sp³-hybridized carbons (Fsp3) is 0.364. The Hall–Kier alpha value is -1.61. The number of nitrogens with two attached hydrogens (primary N) is 1. The van der Waals surface area contributed by atoms with Gasteiger partial charge in [-0.3, -0.25) is 5.41 Å². The van der Waals surface area contributed by atoms with Crippen LogP contribution in [0.4, 0.5) is 13.2 Å². The van der Waals surface area contributed by atoms with Crippen molar-refractivity contribution in [3.8, 4) is 0 Å². The molecule has 112 valence electrons. The molecule has 0 atom stereocenters. The van der Waals surface area contributed by atoms with Crippen molar-refractivity contribution in [3.05, 3.63) is 29.8 Å². The third kappa shape index (κ3) is 5.17. The quantitative estimate of drug-likeness (QED) is 0.471. The van der Waals surface area contributed by atoms with Crippen LogP contribution in [0.3, 0.4) is 0 Å². The van der Waals surface area contributed by atoms with Crippen LogP contribution in [0.2, 0.25) is 0 Å². The van der Waals surface area contributed by atoms with Gasteiger partial charge in [0.1, 0.15) is 12.4 Å². The molecule has 1 aromatic rings. The van der Waals surface area contributed by atoms with Gasteiger partial charge in [-0.25, -0.2) is 8.42 Å². The van der Waals surface area contributed by atoms with E-state index in [1.54, 1.807) is 0 Å². The number of alkyl halides is 3. The number of nitrogen functional groups attached to an aromatic ring is 1. The van der Waals surface area contributed by atoms with Gasteiger partial charge >= 0.3 is 6.18 Å². The fourth-order valence-corrected chi connectivity index (χ4v) is 2.50. The molecule has 9 heteroatoms. The minimum Gasteiger partial charge on any atom is -0.384 e. The van der Waals surface area contributed by atoms with Crippen LogP contribution in [0.15, 0.2) is 29.2 Å². The van der Waals surface area contributed by atoms with E-state index in [-0.39, 0.29) is 16.3 Å². The number of hydrogen-bond acceptors (Lipinski definition) is 4. The highest BCUT2D eigenvalue weighted by atomic mass is 32.2. The zero-order valence-electron chi connectivity index (χ0n) is 10.3. The van der Waals surface area contributed by atoms with Crippen LogP contribution in [0, 0.1) is 5.41 Å². The first-order valence-electron chi connectivity index (χ1n) is 5.43. The molecule has 0 spiro atoms. The summed E-state index contributed by atoms with van der Waals surface area (Å²) in [5.41, 5.74) is 5.46. The number of benzene rings is 1. The van der Waals surface area contributed by atoms with Gasteiger partial charge in [0.25, 0.3) is 0 Å². The highest BCUT2D eigenvalue weighted by molar-refractivity contribution is 7.91. The van der Waals surface area contributed by atoms with E-state index in [0.29, 0.717) is 0 Å². The molecule has 0 aliphatic carbocycles. The van der Waals surface area contributed by atoms with Crippen molar-refractivity contribution in [3.63, 3.8) is 0 Å². The Morgan fingerprint density at radius 1 is 1.35 bits per heavy atom. The summed E-state index contributed by atoms with van der Waals surface area (Å²) >= 11 is 0. The zero-order chi connectivity index (χ0) is 15.4. The monoisotopic (exact) mass is 310 g/mol. The van der Waals surface area contributed by atoms with Crippen molar-refractivity contribution in [1.29, 1.82) is 5.41 Å². The Labute approximate surface area is 114 Å². The second-order valence-corrected chi connectivity index (χ2v) is 6.04. The molecule has 0 aliphatic heterocycles. The Morgan fingerprint density at radius 3 is 2.55 bits per heavy atom. The lowest BCUT2D eigenvalue weighted by Crippen LogP contribution is -2.21. The summed E-state index contributed by atoms with van der Waals surface area (Å²) < 4.78 is 63.5. The number of rotatable bonds is 6. The van der Waals surface area contributed by atoms with E-state index in [0.717, 1.165) is 0 Å². The SMILES string of the molecule is N=C(N)c1cccc(S(=O)(=O)CCOCC(F)(F)F)c1. The average molecular weight is 310 g/mol. The average Bonchev–Trinajstić information content (AvgIpc) is 2.34. The minimum atomic E-state index is -4.49. The molecule has 1 rings (SSSR count). The molecule has 0 radical (unpaired) electrons. The van der Waals surface area contributed by atoms with E-state index < -0.39 is 35.0 Å². The van der Waals surface area contributed by atoms with Crippen LogP contribution in [-0.2, 0) is 14.6 Å². The maximum Gasteiger partial charge on any atom is 0.411 e. The normalized spacial score (nSPS) is 12.3. The summed E-state index contributed by atoms with van der Waals surface area (Å²) in [5, 5.41) is 7.21. The van der Waals surface area contributed by atoms with Gasteiger partial charge in [0.05, 0.1) is 17.3 Å². The second-order valence-electron chi connectivity index (χ2n) is 3.93. The van der Waals surface area contributed by atoms with Crippen molar-refractivity contribution in [2.45, 2.75) is 11.1 Å². The van der Waals surface area contributed by atoms with Crippen molar-refractivity contribution >= 4 is 15.7 Å². The topological polar surface area (TPSA) is 93.2 Å². The predicted octanol–water partition coefficient (Wildman–Crippen LogP) is 1.32. The standard InChI is InChI=1S/C11H13F3N2O3S/c12-11(13,14)7-19-4-5-20(17,18)9-3-1-2-8(6-9)10(15)16/h1-3,6H,4-5,7H2,(H3,15,16). The lowest BCUT2D eigenvalue weighted by molar-refractivity contribution is -0.172. The van der Waals surface area contributed by atoms with Crippen molar-refractivity contribution in [2.24, 2.45) is 5.73 Å². The van der Waals surface area contributed by atoms with Gasteiger partial charge in [0.2, 0.25) is 0 Å². The lowest BCUT2D eigenvalue weighted by Gasteiger charge is -2.09. The first kappa shape index (κ1) is 16.4. The van der Waals surface area contributed by atoms with Crippen molar-refractivity contribution < 1.29 is 26.3 Å². The van der Waals surface area contributed by atoms with E-state index in [4.69, 9.17) is 11.1 Å². The molecular formula is C11H13F3N2O3S. The van der Waals surface area contributed by atoms with Gasteiger partial charge in [-0.2, -0.15) is 13.2 Å². The number of amidine groups is 1. The lowest BCUT2D eigenvalue weighted by atomic mass is 10.2. The number of hydrogen-bond donors (Lipinski definition) is 2. The summed E-state index contributed by atoms with van der Waals surface area (Å²) in [6, 6.07) is 5.34. The van der Waals surface area contributed by atoms with Gasteiger partial charge in [0.15, 0.2) is 9.84 Å². The van der Waals surface area contributed by atoms with E-state index in [1.165, 1.54) is 24.3 Å². The molecule has 0 aliphatic rings. The molecule has 0 saturated carbocycles. The number of ether oxygens (including phenoxy) is 1. The Balaban J connectivity index is 2.70. The summed E-state index contributed by atoms with van der Waals surface area (Å²) in [6.07, 6.45) is -4.49. The third-order valence-electron chi connectivity index (χ3n) is 2.27. The van der Waals surface area contributed by atoms with Gasteiger partial charge in [-0.15, -0.1) is 0 Å². The Morgan fingerprint density at radius 2 is 2.00 bits per heavy atom. The van der Waals surface area contributed by atoms with Crippen LogP contribution in [0.5, 0.6) is 0 Å². The summed E-state index contributed by atoms with van der Waals surface area (Å²) in [7, 11) is -3.78. The van der Waals surface area contributed by atoms with Crippen LogP contribution in [0.1, 0.15) is 5.56 Å². The summed E-state index contributed by atoms with van der Waals surface area (Å²) in [5.74, 6) is -0.875. The molecule has 0 bridgehead atoms. The molecule has 0 heterocycles. The van der Waals surface area contributed by atoms with Crippen molar-refractivity contribution in [2.75, 3.05) is 19.0 Å². The van der Waals surface area contributed by atoms with Gasteiger partial charge in [0, 0.05) is 5.56 Å². The maximum absolute atomic E-state index is 11.9. The fourth-order valence-electron chi connectivity index (χ4n) is 1.33. The van der Waals surface area contributed by atoms with E-state index in [2.05, 4.69) is 4.74 Å². The molecular weight excluding hydrogens is 297 g/mol. The first-order valence-corrected chi connectivity index (χ1v) is 7.09. The molecule has 1 aromatic carbocycles. The molecule has 0 fully saturated rings. The van der Waals surface area contributed by atoms with E-state index in [1.807, 2.05) is 0 Å². The largest absolute Gasteiger partial charge is 0.411 e. The third-order valence-corrected chi connectivity index (χ3v) is 3.94. The van der Waals surface area contributed by atoms with Crippen molar-refractivity contribution in [1.82, 2.24) is 0 Å². The van der Waals surface area contributed by atoms with E-state index in [9.17, 15) is 21.6 Å². The number of halogens is 3. The van der Waals surface area contributed by atoms with Gasteiger partial charge in [-0.05, 0) is 12.1 Å². The molecule has 0 saturated heterocycles. The number of nitrogens with one attached hydrogen (secondary N) is 1. The van der Waals surface area contributed by atoms with Crippen LogP contribution in [-0.4, -0.2) is 39.4 Å². The van der Waals surface area contributed by atoms with Gasteiger partial charge in [-0.1, -0.05) is 12.1 Å². The molecule has 3 N–H and O–H groups in total. The van der Waals surface area contributed by atoms with Crippen LogP contribution >= 0.6 is 0 Å². The second kappa shape index (κ2) is 6.23. The molecule has 0 amide bonds. The van der Waals surface area contributed by atoms with E-state index >= 15 is 0 Å². The van der Waals surface area contributed by atoms with Crippen LogP contribution in [0.25, 0.3) is 0 Å².